The highest BCUT2D eigenvalue weighted by Crippen LogP contribution is 2.13. The van der Waals surface area contributed by atoms with Gasteiger partial charge in [-0.2, -0.15) is 0 Å². The van der Waals surface area contributed by atoms with Crippen LogP contribution in [0.2, 0.25) is 0 Å². The highest BCUT2D eigenvalue weighted by molar-refractivity contribution is 9.10. The quantitative estimate of drug-likeness (QED) is 0.900. The SMILES string of the molecule is Brc1ccc(COCc2ccc(C3=NCCN3)cc2)cc1. The van der Waals surface area contributed by atoms with E-state index in [-0.39, 0.29) is 0 Å². The largest absolute Gasteiger partial charge is 0.372 e. The number of amidine groups is 1. The van der Waals surface area contributed by atoms with Crippen molar-refractivity contribution in [1.29, 1.82) is 0 Å². The van der Waals surface area contributed by atoms with E-state index in [0.29, 0.717) is 13.2 Å². The zero-order chi connectivity index (χ0) is 14.5. The molecule has 1 aliphatic rings. The van der Waals surface area contributed by atoms with Gasteiger partial charge in [-0.3, -0.25) is 4.99 Å². The molecule has 0 fully saturated rings. The fourth-order valence-corrected chi connectivity index (χ4v) is 2.48. The van der Waals surface area contributed by atoms with Crippen LogP contribution in [0.3, 0.4) is 0 Å². The van der Waals surface area contributed by atoms with Gasteiger partial charge in [0.2, 0.25) is 0 Å². The zero-order valence-corrected chi connectivity index (χ0v) is 13.3. The van der Waals surface area contributed by atoms with Crippen LogP contribution >= 0.6 is 15.9 Å². The molecule has 2 aromatic carbocycles. The first kappa shape index (κ1) is 14.3. The summed E-state index contributed by atoms with van der Waals surface area (Å²) in [5, 5.41) is 3.28. The Hall–Kier alpha value is -1.65. The summed E-state index contributed by atoms with van der Waals surface area (Å²) in [6, 6.07) is 16.6. The van der Waals surface area contributed by atoms with Crippen LogP contribution in [0.4, 0.5) is 0 Å². The number of halogens is 1. The molecule has 0 aromatic heterocycles. The van der Waals surface area contributed by atoms with Gasteiger partial charge in [0.05, 0.1) is 19.8 Å². The molecule has 1 heterocycles. The predicted molar refractivity (Wildman–Crippen MR) is 88.5 cm³/mol. The molecule has 1 N–H and O–H groups in total. The minimum Gasteiger partial charge on any atom is -0.372 e. The van der Waals surface area contributed by atoms with Crippen LogP contribution in [0.25, 0.3) is 0 Å². The van der Waals surface area contributed by atoms with Crippen molar-refractivity contribution in [3.63, 3.8) is 0 Å². The Morgan fingerprint density at radius 1 is 0.952 bits per heavy atom. The normalized spacial score (nSPS) is 13.9. The maximum absolute atomic E-state index is 5.75. The Morgan fingerprint density at radius 3 is 2.14 bits per heavy atom. The molecule has 2 aromatic rings. The highest BCUT2D eigenvalue weighted by atomic mass is 79.9. The van der Waals surface area contributed by atoms with Gasteiger partial charge in [-0.25, -0.2) is 0 Å². The molecular weight excluding hydrogens is 328 g/mol. The van der Waals surface area contributed by atoms with Gasteiger partial charge in [0.15, 0.2) is 0 Å². The molecule has 4 heteroatoms. The van der Waals surface area contributed by atoms with Gasteiger partial charge >= 0.3 is 0 Å². The van der Waals surface area contributed by atoms with Gasteiger partial charge in [0, 0.05) is 16.6 Å². The van der Waals surface area contributed by atoms with Crippen molar-refractivity contribution in [2.45, 2.75) is 13.2 Å². The van der Waals surface area contributed by atoms with Crippen LogP contribution < -0.4 is 5.32 Å². The molecule has 0 aliphatic carbocycles. The van der Waals surface area contributed by atoms with Crippen molar-refractivity contribution in [1.82, 2.24) is 5.32 Å². The molecule has 0 saturated heterocycles. The van der Waals surface area contributed by atoms with Gasteiger partial charge in [0.1, 0.15) is 5.84 Å². The number of nitrogens with zero attached hydrogens (tertiary/aromatic N) is 1. The third-order valence-corrected chi connectivity index (χ3v) is 3.88. The number of hydrogen-bond donors (Lipinski definition) is 1. The van der Waals surface area contributed by atoms with Gasteiger partial charge in [-0.1, -0.05) is 52.3 Å². The fourth-order valence-electron chi connectivity index (χ4n) is 2.22. The third-order valence-electron chi connectivity index (χ3n) is 3.35. The fraction of sp³-hybridized carbons (Fsp3) is 0.235. The van der Waals surface area contributed by atoms with Crippen LogP contribution in [0.1, 0.15) is 16.7 Å². The molecule has 3 nitrogen and oxygen atoms in total. The monoisotopic (exact) mass is 344 g/mol. The summed E-state index contributed by atoms with van der Waals surface area (Å²) in [4.78, 5) is 4.41. The van der Waals surface area contributed by atoms with Gasteiger partial charge in [-0.05, 0) is 23.3 Å². The smallest absolute Gasteiger partial charge is 0.128 e. The molecule has 108 valence electrons. The number of benzene rings is 2. The van der Waals surface area contributed by atoms with E-state index >= 15 is 0 Å². The zero-order valence-electron chi connectivity index (χ0n) is 11.7. The van der Waals surface area contributed by atoms with Crippen molar-refractivity contribution in [3.8, 4) is 0 Å². The topological polar surface area (TPSA) is 33.6 Å². The lowest BCUT2D eigenvalue weighted by molar-refractivity contribution is 0.107. The van der Waals surface area contributed by atoms with E-state index in [2.05, 4.69) is 62.6 Å². The highest BCUT2D eigenvalue weighted by Gasteiger charge is 2.07. The summed E-state index contributed by atoms with van der Waals surface area (Å²) in [5.41, 5.74) is 3.50. The van der Waals surface area contributed by atoms with Gasteiger partial charge < -0.3 is 10.1 Å². The molecule has 0 amide bonds. The number of hydrogen-bond acceptors (Lipinski definition) is 3. The summed E-state index contributed by atoms with van der Waals surface area (Å²) in [6.07, 6.45) is 0. The van der Waals surface area contributed by atoms with E-state index in [9.17, 15) is 0 Å². The molecule has 0 bridgehead atoms. The van der Waals surface area contributed by atoms with E-state index < -0.39 is 0 Å². The van der Waals surface area contributed by atoms with E-state index in [1.807, 2.05) is 12.1 Å². The Kier molecular flexibility index (Phi) is 4.68. The van der Waals surface area contributed by atoms with Gasteiger partial charge in [0.25, 0.3) is 0 Å². The second-order valence-electron chi connectivity index (χ2n) is 4.97. The van der Waals surface area contributed by atoms with E-state index in [1.165, 1.54) is 11.1 Å². The van der Waals surface area contributed by atoms with Crippen molar-refractivity contribution in [2.75, 3.05) is 13.1 Å². The van der Waals surface area contributed by atoms with Crippen LogP contribution in [-0.4, -0.2) is 18.9 Å². The molecule has 3 rings (SSSR count). The molecule has 0 unspecified atom stereocenters. The van der Waals surface area contributed by atoms with Crippen molar-refractivity contribution < 1.29 is 4.74 Å². The van der Waals surface area contributed by atoms with E-state index in [1.54, 1.807) is 0 Å². The first-order valence-corrected chi connectivity index (χ1v) is 7.80. The minimum absolute atomic E-state index is 0.621. The summed E-state index contributed by atoms with van der Waals surface area (Å²) in [5.74, 6) is 0.998. The maximum atomic E-state index is 5.75. The Bertz CT molecular complexity index is 620. The molecule has 0 radical (unpaired) electrons. The van der Waals surface area contributed by atoms with Crippen molar-refractivity contribution >= 4 is 21.8 Å². The lowest BCUT2D eigenvalue weighted by Gasteiger charge is -2.07. The van der Waals surface area contributed by atoms with E-state index in [0.717, 1.165) is 29.0 Å². The number of rotatable bonds is 5. The van der Waals surface area contributed by atoms with Crippen LogP contribution in [0.5, 0.6) is 0 Å². The van der Waals surface area contributed by atoms with Crippen LogP contribution in [0.15, 0.2) is 58.0 Å². The van der Waals surface area contributed by atoms with Crippen LogP contribution in [-0.2, 0) is 18.0 Å². The van der Waals surface area contributed by atoms with Crippen molar-refractivity contribution in [2.24, 2.45) is 4.99 Å². The molecule has 1 aliphatic heterocycles. The molecule has 21 heavy (non-hydrogen) atoms. The van der Waals surface area contributed by atoms with Crippen LogP contribution in [0, 0.1) is 0 Å². The summed E-state index contributed by atoms with van der Waals surface area (Å²) >= 11 is 3.43. The standard InChI is InChI=1S/C17H17BrN2O/c18-16-7-3-14(4-8-16)12-21-11-13-1-5-15(6-2-13)17-19-9-10-20-17/h1-8H,9-12H2,(H,19,20). The second-order valence-corrected chi connectivity index (χ2v) is 5.89. The molecule has 0 spiro atoms. The molecule has 0 atom stereocenters. The Balaban J connectivity index is 1.52. The van der Waals surface area contributed by atoms with Crippen molar-refractivity contribution in [3.05, 3.63) is 69.7 Å². The molecule has 0 saturated carbocycles. The van der Waals surface area contributed by atoms with E-state index in [4.69, 9.17) is 4.74 Å². The lowest BCUT2D eigenvalue weighted by Crippen LogP contribution is -2.19. The number of ether oxygens (including phenoxy) is 1. The van der Waals surface area contributed by atoms with Gasteiger partial charge in [-0.15, -0.1) is 0 Å². The first-order chi connectivity index (χ1) is 10.3. The summed E-state index contributed by atoms with van der Waals surface area (Å²) < 4.78 is 6.84. The minimum atomic E-state index is 0.621. The summed E-state index contributed by atoms with van der Waals surface area (Å²) in [6.45, 7) is 3.06. The Morgan fingerprint density at radius 2 is 1.57 bits per heavy atom. The summed E-state index contributed by atoms with van der Waals surface area (Å²) in [7, 11) is 0. The number of aliphatic imine (C=N–C) groups is 1. The third kappa shape index (κ3) is 3.93. The Labute approximate surface area is 133 Å². The number of nitrogens with one attached hydrogen (secondary N) is 1. The average molecular weight is 345 g/mol. The molecular formula is C17H17BrN2O. The predicted octanol–water partition coefficient (Wildman–Crippen LogP) is 3.52. The maximum Gasteiger partial charge on any atom is 0.128 e. The lowest BCUT2D eigenvalue weighted by atomic mass is 10.1. The second kappa shape index (κ2) is 6.87. The first-order valence-electron chi connectivity index (χ1n) is 7.01. The average Bonchev–Trinajstić information content (AvgIpc) is 3.04.